The van der Waals surface area contributed by atoms with Gasteiger partial charge < -0.3 is 4.74 Å². The molecule has 0 bridgehead atoms. The van der Waals surface area contributed by atoms with Gasteiger partial charge in [-0.15, -0.1) is 0 Å². The first-order valence-electron chi connectivity index (χ1n) is 9.81. The van der Waals surface area contributed by atoms with Crippen LogP contribution < -0.4 is 4.74 Å². The number of ketones is 1. The summed E-state index contributed by atoms with van der Waals surface area (Å²) in [5.41, 5.74) is 1.91. The van der Waals surface area contributed by atoms with Crippen LogP contribution in [0.5, 0.6) is 5.75 Å². The van der Waals surface area contributed by atoms with Gasteiger partial charge in [0.25, 0.3) is 0 Å². The van der Waals surface area contributed by atoms with E-state index in [2.05, 4.69) is 17.9 Å². The zero-order valence-electron chi connectivity index (χ0n) is 16.7. The standard InChI is InChI=1S/C23H27Cl2NO2/c1-4-23(18-8-9-20(24)21(25)13-18)10-11-26(15-23)14-22(27)17-6-5-7-19(12-17)28-16(2)3/h5-9,12-13,16H,4,10-11,14-15H2,1-3H3. The van der Waals surface area contributed by atoms with Crippen LogP contribution in [-0.2, 0) is 5.41 Å². The van der Waals surface area contributed by atoms with Gasteiger partial charge in [0, 0.05) is 17.5 Å². The van der Waals surface area contributed by atoms with E-state index in [0.29, 0.717) is 22.2 Å². The smallest absolute Gasteiger partial charge is 0.176 e. The van der Waals surface area contributed by atoms with E-state index in [0.717, 1.165) is 31.7 Å². The second-order valence-electron chi connectivity index (χ2n) is 7.84. The van der Waals surface area contributed by atoms with Gasteiger partial charge >= 0.3 is 0 Å². The molecule has 2 aromatic rings. The average Bonchev–Trinajstić information content (AvgIpc) is 3.08. The van der Waals surface area contributed by atoms with Gasteiger partial charge in [-0.1, -0.05) is 48.3 Å². The highest BCUT2D eigenvalue weighted by molar-refractivity contribution is 6.42. The van der Waals surface area contributed by atoms with Gasteiger partial charge in [-0.05, 0) is 63.1 Å². The van der Waals surface area contributed by atoms with Gasteiger partial charge in [0.1, 0.15) is 5.75 Å². The van der Waals surface area contributed by atoms with Gasteiger partial charge in [-0.2, -0.15) is 0 Å². The Hall–Kier alpha value is -1.55. The number of carbonyl (C=O) groups excluding carboxylic acids is 1. The number of Topliss-reactive ketones (excluding diaryl/α,β-unsaturated/α-hetero) is 1. The molecule has 5 heteroatoms. The summed E-state index contributed by atoms with van der Waals surface area (Å²) in [5, 5.41) is 1.16. The molecule has 0 spiro atoms. The largest absolute Gasteiger partial charge is 0.491 e. The molecule has 0 aliphatic carbocycles. The molecular formula is C23H27Cl2NO2. The van der Waals surface area contributed by atoms with Crippen LogP contribution >= 0.6 is 23.2 Å². The van der Waals surface area contributed by atoms with Crippen molar-refractivity contribution in [2.24, 2.45) is 0 Å². The van der Waals surface area contributed by atoms with Crippen molar-refractivity contribution in [1.29, 1.82) is 0 Å². The second kappa shape index (κ2) is 8.86. The Labute approximate surface area is 177 Å². The predicted molar refractivity (Wildman–Crippen MR) is 116 cm³/mol. The molecule has 0 N–H and O–H groups in total. The minimum atomic E-state index is 0.0110. The summed E-state index contributed by atoms with van der Waals surface area (Å²) >= 11 is 12.3. The molecule has 28 heavy (non-hydrogen) atoms. The Bertz CT molecular complexity index is 852. The Morgan fingerprint density at radius 1 is 1.18 bits per heavy atom. The van der Waals surface area contributed by atoms with Gasteiger partial charge in [0.05, 0.1) is 22.7 Å². The zero-order chi connectivity index (χ0) is 20.3. The van der Waals surface area contributed by atoms with Crippen LogP contribution in [0.2, 0.25) is 10.0 Å². The summed E-state index contributed by atoms with van der Waals surface area (Å²) in [5.74, 6) is 0.858. The summed E-state index contributed by atoms with van der Waals surface area (Å²) in [4.78, 5) is 15.1. The summed E-state index contributed by atoms with van der Waals surface area (Å²) in [6.45, 7) is 8.30. The molecule has 0 aromatic heterocycles. The molecule has 2 aromatic carbocycles. The molecule has 1 saturated heterocycles. The van der Waals surface area contributed by atoms with Crippen LogP contribution in [0.3, 0.4) is 0 Å². The lowest BCUT2D eigenvalue weighted by molar-refractivity contribution is 0.0941. The highest BCUT2D eigenvalue weighted by Crippen LogP contribution is 2.39. The van der Waals surface area contributed by atoms with Crippen molar-refractivity contribution in [3.63, 3.8) is 0 Å². The van der Waals surface area contributed by atoms with Crippen LogP contribution in [0.15, 0.2) is 42.5 Å². The number of benzene rings is 2. The minimum Gasteiger partial charge on any atom is -0.491 e. The molecule has 0 amide bonds. The van der Waals surface area contributed by atoms with Gasteiger partial charge in [0.15, 0.2) is 5.78 Å². The SMILES string of the molecule is CCC1(c2ccc(Cl)c(Cl)c2)CCN(CC(=O)c2cccc(OC(C)C)c2)C1. The van der Waals surface area contributed by atoms with Gasteiger partial charge in [0.2, 0.25) is 0 Å². The van der Waals surface area contributed by atoms with E-state index < -0.39 is 0 Å². The molecule has 3 nitrogen and oxygen atoms in total. The van der Waals surface area contributed by atoms with E-state index in [1.807, 2.05) is 50.2 Å². The van der Waals surface area contributed by atoms with Crippen LogP contribution in [0.4, 0.5) is 0 Å². The third-order valence-corrected chi connectivity index (χ3v) is 6.28. The Kier molecular flexibility index (Phi) is 6.69. The van der Waals surface area contributed by atoms with E-state index in [4.69, 9.17) is 27.9 Å². The number of hydrogen-bond donors (Lipinski definition) is 0. The average molecular weight is 420 g/mol. The highest BCUT2D eigenvalue weighted by Gasteiger charge is 2.38. The quantitative estimate of drug-likeness (QED) is 0.513. The summed E-state index contributed by atoms with van der Waals surface area (Å²) in [6, 6.07) is 13.4. The molecule has 1 heterocycles. The van der Waals surface area contributed by atoms with Crippen LogP contribution in [0.1, 0.15) is 49.5 Å². The molecule has 1 unspecified atom stereocenters. The number of hydrogen-bond acceptors (Lipinski definition) is 3. The van der Waals surface area contributed by atoms with Crippen molar-refractivity contribution in [3.8, 4) is 5.75 Å². The zero-order valence-corrected chi connectivity index (χ0v) is 18.2. The van der Waals surface area contributed by atoms with Crippen molar-refractivity contribution in [2.45, 2.75) is 45.1 Å². The molecule has 0 radical (unpaired) electrons. The lowest BCUT2D eigenvalue weighted by Gasteiger charge is -2.29. The second-order valence-corrected chi connectivity index (χ2v) is 8.66. The van der Waals surface area contributed by atoms with Crippen molar-refractivity contribution in [3.05, 3.63) is 63.6 Å². The number of carbonyl (C=O) groups is 1. The van der Waals surface area contributed by atoms with Crippen LogP contribution in [0, 0.1) is 0 Å². The van der Waals surface area contributed by atoms with Crippen LogP contribution in [-0.4, -0.2) is 36.4 Å². The van der Waals surface area contributed by atoms with Crippen molar-refractivity contribution in [1.82, 2.24) is 4.90 Å². The third-order valence-electron chi connectivity index (χ3n) is 5.54. The van der Waals surface area contributed by atoms with E-state index in [1.54, 1.807) is 0 Å². The first-order valence-corrected chi connectivity index (χ1v) is 10.6. The molecule has 1 aliphatic heterocycles. The molecule has 0 saturated carbocycles. The number of rotatable bonds is 7. The molecule has 1 atom stereocenters. The topological polar surface area (TPSA) is 29.5 Å². The first kappa shape index (κ1) is 21.2. The van der Waals surface area contributed by atoms with Crippen molar-refractivity contribution >= 4 is 29.0 Å². The fourth-order valence-electron chi connectivity index (χ4n) is 3.96. The lowest BCUT2D eigenvalue weighted by atomic mass is 9.77. The normalized spacial score (nSPS) is 19.9. The van der Waals surface area contributed by atoms with Gasteiger partial charge in [-0.25, -0.2) is 0 Å². The lowest BCUT2D eigenvalue weighted by Crippen LogP contribution is -2.33. The fourth-order valence-corrected chi connectivity index (χ4v) is 4.26. The van der Waals surface area contributed by atoms with E-state index in [1.165, 1.54) is 5.56 Å². The fraction of sp³-hybridized carbons (Fsp3) is 0.435. The minimum absolute atomic E-state index is 0.0110. The maximum Gasteiger partial charge on any atom is 0.176 e. The predicted octanol–water partition coefficient (Wildman–Crippen LogP) is 6.02. The summed E-state index contributed by atoms with van der Waals surface area (Å²) in [7, 11) is 0. The Morgan fingerprint density at radius 3 is 2.64 bits per heavy atom. The van der Waals surface area contributed by atoms with Crippen molar-refractivity contribution < 1.29 is 9.53 Å². The number of halogens is 2. The first-order chi connectivity index (χ1) is 13.3. The maximum absolute atomic E-state index is 12.8. The number of likely N-dealkylation sites (tertiary alicyclic amines) is 1. The van der Waals surface area contributed by atoms with E-state index in [-0.39, 0.29) is 17.3 Å². The van der Waals surface area contributed by atoms with Gasteiger partial charge in [-0.3, -0.25) is 9.69 Å². The molecule has 1 fully saturated rings. The molecular weight excluding hydrogens is 393 g/mol. The number of ether oxygens (including phenoxy) is 1. The Morgan fingerprint density at radius 2 is 1.96 bits per heavy atom. The summed E-state index contributed by atoms with van der Waals surface area (Å²) in [6.07, 6.45) is 2.08. The maximum atomic E-state index is 12.8. The molecule has 3 rings (SSSR count). The number of nitrogens with zero attached hydrogens (tertiary/aromatic N) is 1. The van der Waals surface area contributed by atoms with Crippen molar-refractivity contribution in [2.75, 3.05) is 19.6 Å². The highest BCUT2D eigenvalue weighted by atomic mass is 35.5. The molecule has 150 valence electrons. The molecule has 1 aliphatic rings. The summed E-state index contributed by atoms with van der Waals surface area (Å²) < 4.78 is 5.72. The third kappa shape index (κ3) is 4.71. The Balaban J connectivity index is 1.71. The van der Waals surface area contributed by atoms with E-state index >= 15 is 0 Å². The van der Waals surface area contributed by atoms with E-state index in [9.17, 15) is 4.79 Å². The monoisotopic (exact) mass is 419 g/mol. The van der Waals surface area contributed by atoms with Crippen LogP contribution in [0.25, 0.3) is 0 Å².